The average Bonchev–Trinajstić information content (AvgIpc) is 2.86. The largest absolute Gasteiger partial charge is 0.455 e. The van der Waals surface area contributed by atoms with Crippen molar-refractivity contribution in [3.63, 3.8) is 0 Å². The lowest BCUT2D eigenvalue weighted by molar-refractivity contribution is -0.903. The molecule has 0 bridgehead atoms. The highest BCUT2D eigenvalue weighted by Crippen LogP contribution is 2.19. The number of ether oxygens (including phenoxy) is 2. The summed E-state index contributed by atoms with van der Waals surface area (Å²) in [6.07, 6.45) is 12.6. The van der Waals surface area contributed by atoms with Crippen LogP contribution in [0.4, 0.5) is 0 Å². The third kappa shape index (κ3) is 13.1. The first-order chi connectivity index (χ1) is 17.4. The lowest BCUT2D eigenvalue weighted by atomic mass is 10.0. The van der Waals surface area contributed by atoms with Crippen molar-refractivity contribution in [2.75, 3.05) is 20.6 Å². The number of carbonyl (C=O) groups excluding carboxylic acids is 1. The van der Waals surface area contributed by atoms with Crippen LogP contribution in [-0.4, -0.2) is 37.4 Å². The zero-order valence-electron chi connectivity index (χ0n) is 23.3. The van der Waals surface area contributed by atoms with Crippen LogP contribution in [0.15, 0.2) is 54.6 Å². The van der Waals surface area contributed by atoms with Crippen molar-refractivity contribution < 1.29 is 18.8 Å². The first kappa shape index (κ1) is 29.9. The van der Waals surface area contributed by atoms with Gasteiger partial charge in [0.25, 0.3) is 0 Å². The molecule has 1 atom stereocenters. The highest BCUT2D eigenvalue weighted by molar-refractivity contribution is 5.69. The Kier molecular flexibility index (Phi) is 14.3. The molecule has 2 rings (SSSR count). The molecule has 0 spiro atoms. The topological polar surface area (TPSA) is 35.5 Å². The summed E-state index contributed by atoms with van der Waals surface area (Å²) in [6, 6.07) is 18.8. The number of carbonyl (C=O) groups is 1. The number of nitrogens with zero attached hydrogens (tertiary/aromatic N) is 1. The molecule has 36 heavy (non-hydrogen) atoms. The minimum Gasteiger partial charge on any atom is -0.455 e. The minimum atomic E-state index is -0.531. The van der Waals surface area contributed by atoms with E-state index in [1.807, 2.05) is 19.1 Å². The maximum atomic E-state index is 12.4. The summed E-state index contributed by atoms with van der Waals surface area (Å²) in [5, 5.41) is 0. The number of hydrogen-bond donors (Lipinski definition) is 0. The second kappa shape index (κ2) is 17.2. The fraction of sp³-hybridized carbons (Fsp3) is 0.594. The number of rotatable bonds is 19. The van der Waals surface area contributed by atoms with Gasteiger partial charge in [0.15, 0.2) is 0 Å². The van der Waals surface area contributed by atoms with Gasteiger partial charge in [0.1, 0.15) is 12.3 Å². The molecular formula is C32H50NO3+. The second-order valence-electron chi connectivity index (χ2n) is 10.7. The van der Waals surface area contributed by atoms with Crippen molar-refractivity contribution in [2.45, 2.75) is 104 Å². The lowest BCUT2D eigenvalue weighted by Gasteiger charge is -2.30. The predicted molar refractivity (Wildman–Crippen MR) is 150 cm³/mol. The van der Waals surface area contributed by atoms with Crippen LogP contribution in [0, 0.1) is 0 Å². The van der Waals surface area contributed by atoms with Crippen LogP contribution < -0.4 is 4.74 Å². The molecule has 0 aromatic heterocycles. The summed E-state index contributed by atoms with van der Waals surface area (Å²) >= 11 is 0. The Balaban J connectivity index is 1.66. The quantitative estimate of drug-likeness (QED) is 0.0853. The van der Waals surface area contributed by atoms with E-state index in [0.717, 1.165) is 42.6 Å². The average molecular weight is 497 g/mol. The zero-order valence-corrected chi connectivity index (χ0v) is 23.3. The van der Waals surface area contributed by atoms with E-state index in [1.54, 1.807) is 0 Å². The second-order valence-corrected chi connectivity index (χ2v) is 10.7. The van der Waals surface area contributed by atoms with Crippen LogP contribution in [0.1, 0.15) is 95.6 Å². The van der Waals surface area contributed by atoms with E-state index in [9.17, 15) is 4.79 Å². The molecule has 200 valence electrons. The SMILES string of the molecule is CCCCCCCCCc1cccc(OC(CC)OC(=O)CCCC[N+](C)(C)Cc2ccccc2)c1. The Morgan fingerprint density at radius 3 is 2.22 bits per heavy atom. The Morgan fingerprint density at radius 1 is 0.806 bits per heavy atom. The van der Waals surface area contributed by atoms with Crippen LogP contribution in [0.5, 0.6) is 5.75 Å². The molecule has 2 aromatic carbocycles. The van der Waals surface area contributed by atoms with Gasteiger partial charge < -0.3 is 14.0 Å². The number of aryl methyl sites for hydroxylation is 1. The molecule has 2 aromatic rings. The minimum absolute atomic E-state index is 0.172. The Hall–Kier alpha value is -2.33. The normalized spacial score (nSPS) is 12.3. The fourth-order valence-corrected chi connectivity index (χ4v) is 4.57. The smallest absolute Gasteiger partial charge is 0.308 e. The molecule has 1 unspecified atom stereocenters. The van der Waals surface area contributed by atoms with E-state index >= 15 is 0 Å². The monoisotopic (exact) mass is 496 g/mol. The number of hydrogen-bond acceptors (Lipinski definition) is 3. The summed E-state index contributed by atoms with van der Waals surface area (Å²) in [7, 11) is 4.49. The first-order valence-corrected chi connectivity index (χ1v) is 14.2. The van der Waals surface area contributed by atoms with Gasteiger partial charge >= 0.3 is 5.97 Å². The third-order valence-electron chi connectivity index (χ3n) is 6.68. The van der Waals surface area contributed by atoms with Gasteiger partial charge in [-0.15, -0.1) is 0 Å². The molecule has 0 radical (unpaired) electrons. The van der Waals surface area contributed by atoms with Gasteiger partial charge in [0.05, 0.1) is 20.6 Å². The Labute approximate surface area is 220 Å². The molecule has 0 amide bonds. The number of unbranched alkanes of at least 4 members (excludes halogenated alkanes) is 7. The molecule has 0 saturated carbocycles. The molecule has 4 heteroatoms. The van der Waals surface area contributed by atoms with Crippen molar-refractivity contribution in [1.29, 1.82) is 0 Å². The summed E-state index contributed by atoms with van der Waals surface area (Å²) in [4.78, 5) is 12.4. The molecule has 0 aliphatic carbocycles. The van der Waals surface area contributed by atoms with E-state index in [4.69, 9.17) is 9.47 Å². The Bertz CT molecular complexity index is 849. The number of quaternary nitrogens is 1. The summed E-state index contributed by atoms with van der Waals surface area (Å²) in [5.41, 5.74) is 2.63. The standard InChI is InChI=1S/C32H50NO3/c1-5-7-8-9-10-11-13-19-28-22-18-23-30(26-28)35-32(6-2)36-31(34)24-16-17-25-33(3,4)27-29-20-14-12-15-21-29/h12,14-15,18,20-23,26,32H,5-11,13,16-17,19,24-25,27H2,1-4H3/q+1. The van der Waals surface area contributed by atoms with Crippen molar-refractivity contribution in [3.05, 3.63) is 65.7 Å². The van der Waals surface area contributed by atoms with Gasteiger partial charge in [0, 0.05) is 18.4 Å². The van der Waals surface area contributed by atoms with Gasteiger partial charge in [-0.1, -0.05) is 94.8 Å². The number of benzene rings is 2. The molecule has 0 heterocycles. The van der Waals surface area contributed by atoms with Crippen molar-refractivity contribution in [2.24, 2.45) is 0 Å². The van der Waals surface area contributed by atoms with E-state index in [0.29, 0.717) is 12.8 Å². The van der Waals surface area contributed by atoms with Crippen molar-refractivity contribution >= 4 is 5.97 Å². The fourth-order valence-electron chi connectivity index (χ4n) is 4.57. The molecule has 0 saturated heterocycles. The zero-order chi connectivity index (χ0) is 26.1. The Morgan fingerprint density at radius 2 is 1.50 bits per heavy atom. The van der Waals surface area contributed by atoms with Gasteiger partial charge in [-0.2, -0.15) is 0 Å². The molecule has 4 nitrogen and oxygen atoms in total. The highest BCUT2D eigenvalue weighted by atomic mass is 16.7. The summed E-state index contributed by atoms with van der Waals surface area (Å²) in [6.45, 7) is 6.27. The maximum Gasteiger partial charge on any atom is 0.308 e. The maximum absolute atomic E-state index is 12.4. The molecule has 0 aliphatic heterocycles. The predicted octanol–water partition coefficient (Wildman–Crippen LogP) is 8.08. The molecule has 0 fully saturated rings. The number of esters is 1. The van der Waals surface area contributed by atoms with Crippen LogP contribution >= 0.6 is 0 Å². The lowest BCUT2D eigenvalue weighted by Crippen LogP contribution is -2.39. The molecule has 0 N–H and O–H groups in total. The van der Waals surface area contributed by atoms with E-state index < -0.39 is 6.29 Å². The van der Waals surface area contributed by atoms with Crippen LogP contribution in [0.3, 0.4) is 0 Å². The third-order valence-corrected chi connectivity index (χ3v) is 6.68. The highest BCUT2D eigenvalue weighted by Gasteiger charge is 2.17. The van der Waals surface area contributed by atoms with Gasteiger partial charge in [-0.25, -0.2) is 0 Å². The van der Waals surface area contributed by atoms with Crippen LogP contribution in [0.25, 0.3) is 0 Å². The van der Waals surface area contributed by atoms with Crippen molar-refractivity contribution in [3.8, 4) is 5.75 Å². The van der Waals surface area contributed by atoms with Crippen LogP contribution in [-0.2, 0) is 22.5 Å². The van der Waals surface area contributed by atoms with E-state index in [1.165, 1.54) is 56.1 Å². The molecule has 0 aliphatic rings. The molecular weight excluding hydrogens is 446 g/mol. The van der Waals surface area contributed by atoms with Gasteiger partial charge in [-0.05, 0) is 43.4 Å². The summed E-state index contributed by atoms with van der Waals surface area (Å²) < 4.78 is 12.6. The van der Waals surface area contributed by atoms with Crippen LogP contribution in [0.2, 0.25) is 0 Å². The van der Waals surface area contributed by atoms with Gasteiger partial charge in [-0.3, -0.25) is 4.79 Å². The van der Waals surface area contributed by atoms with E-state index in [2.05, 4.69) is 63.5 Å². The van der Waals surface area contributed by atoms with Crippen molar-refractivity contribution in [1.82, 2.24) is 0 Å². The first-order valence-electron chi connectivity index (χ1n) is 14.2. The summed E-state index contributed by atoms with van der Waals surface area (Å²) in [5.74, 6) is 0.615. The van der Waals surface area contributed by atoms with Gasteiger partial charge in [0.2, 0.25) is 6.29 Å². The van der Waals surface area contributed by atoms with E-state index in [-0.39, 0.29) is 5.97 Å².